The van der Waals surface area contributed by atoms with Gasteiger partial charge in [0.15, 0.2) is 5.65 Å². The van der Waals surface area contributed by atoms with Crippen LogP contribution in [0.15, 0.2) is 52.3 Å². The molecule has 3 heterocycles. The van der Waals surface area contributed by atoms with Crippen LogP contribution in [0.1, 0.15) is 0 Å². The van der Waals surface area contributed by atoms with Crippen molar-refractivity contribution in [2.75, 3.05) is 12.0 Å². The molecule has 9 heteroatoms. The molecule has 7 nitrogen and oxygen atoms in total. The van der Waals surface area contributed by atoms with Gasteiger partial charge in [0, 0.05) is 17.2 Å². The van der Waals surface area contributed by atoms with E-state index in [0.29, 0.717) is 16.9 Å². The Morgan fingerprint density at radius 3 is 2.52 bits per heavy atom. The highest BCUT2D eigenvalue weighted by Crippen LogP contribution is 2.33. The van der Waals surface area contributed by atoms with Gasteiger partial charge in [0.25, 0.3) is 0 Å². The molecule has 4 aromatic rings. The van der Waals surface area contributed by atoms with Crippen molar-refractivity contribution in [2.24, 2.45) is 0 Å². The lowest BCUT2D eigenvalue weighted by molar-refractivity contribution is 0.593. The first-order chi connectivity index (χ1) is 11.9. The number of fused-ring (bicyclic) bond motifs is 1. The summed E-state index contributed by atoms with van der Waals surface area (Å²) in [6, 6.07) is 11.2. The number of hydrogen-bond donors (Lipinski definition) is 1. The zero-order chi connectivity index (χ0) is 17.6. The molecule has 0 aliphatic carbocycles. The van der Waals surface area contributed by atoms with Crippen LogP contribution in [0.4, 0.5) is 5.82 Å². The number of para-hydroxylation sites is 1. The second-order valence-corrected chi connectivity index (χ2v) is 8.16. The molecule has 0 saturated carbocycles. The Hall–Kier alpha value is -2.78. The first kappa shape index (κ1) is 15.7. The number of anilines is 1. The van der Waals surface area contributed by atoms with E-state index in [4.69, 9.17) is 5.73 Å². The fourth-order valence-electron chi connectivity index (χ4n) is 2.53. The number of nitrogen functional groups attached to an aromatic ring is 1. The lowest BCUT2D eigenvalue weighted by Gasteiger charge is -2.04. The summed E-state index contributed by atoms with van der Waals surface area (Å²) in [5, 5.41) is 8.45. The molecule has 3 aromatic heterocycles. The van der Waals surface area contributed by atoms with Gasteiger partial charge in [0.1, 0.15) is 5.82 Å². The van der Waals surface area contributed by atoms with Crippen LogP contribution < -0.4 is 5.73 Å². The zero-order valence-corrected chi connectivity index (χ0v) is 14.8. The van der Waals surface area contributed by atoms with Crippen LogP contribution in [0, 0.1) is 0 Å². The highest BCUT2D eigenvalue weighted by atomic mass is 32.2. The number of rotatable bonds is 3. The lowest BCUT2D eigenvalue weighted by Crippen LogP contribution is -2.05. The van der Waals surface area contributed by atoms with Crippen LogP contribution in [-0.4, -0.2) is 34.4 Å². The quantitative estimate of drug-likeness (QED) is 0.555. The monoisotopic (exact) mass is 371 g/mol. The van der Waals surface area contributed by atoms with Crippen molar-refractivity contribution in [2.45, 2.75) is 5.16 Å². The Bertz CT molecular complexity index is 1170. The van der Waals surface area contributed by atoms with Gasteiger partial charge in [0.05, 0.1) is 16.8 Å². The zero-order valence-electron chi connectivity index (χ0n) is 13.1. The van der Waals surface area contributed by atoms with E-state index in [-0.39, 0.29) is 10.8 Å². The van der Waals surface area contributed by atoms with Crippen molar-refractivity contribution in [3.63, 3.8) is 0 Å². The van der Waals surface area contributed by atoms with E-state index >= 15 is 0 Å². The summed E-state index contributed by atoms with van der Waals surface area (Å²) in [6.45, 7) is 0. The molecule has 25 heavy (non-hydrogen) atoms. The fourth-order valence-corrected chi connectivity index (χ4v) is 3.68. The Balaban J connectivity index is 2.09. The maximum Gasteiger partial charge on any atom is 0.249 e. The van der Waals surface area contributed by atoms with Gasteiger partial charge in [-0.1, -0.05) is 18.2 Å². The third-order valence-electron chi connectivity index (χ3n) is 3.68. The Morgan fingerprint density at radius 1 is 1.12 bits per heavy atom. The van der Waals surface area contributed by atoms with Gasteiger partial charge in [0.2, 0.25) is 15.0 Å². The van der Waals surface area contributed by atoms with Crippen molar-refractivity contribution in [1.29, 1.82) is 0 Å². The number of nitrogens with two attached hydrogens (primary N) is 1. The highest BCUT2D eigenvalue weighted by Gasteiger charge is 2.22. The molecule has 0 bridgehead atoms. The average Bonchev–Trinajstić information content (AvgIpc) is 3.23. The summed E-state index contributed by atoms with van der Waals surface area (Å²) in [5.74, 6) is 0.363. The third-order valence-corrected chi connectivity index (χ3v) is 5.20. The Morgan fingerprint density at radius 2 is 1.88 bits per heavy atom. The molecule has 0 unspecified atom stereocenters. The predicted molar refractivity (Wildman–Crippen MR) is 97.5 cm³/mol. The molecule has 0 radical (unpaired) electrons. The van der Waals surface area contributed by atoms with Crippen LogP contribution in [-0.2, 0) is 9.84 Å². The molecule has 2 N–H and O–H groups in total. The largest absolute Gasteiger partial charge is 0.383 e. The lowest BCUT2D eigenvalue weighted by atomic mass is 10.2. The summed E-state index contributed by atoms with van der Waals surface area (Å²) in [4.78, 5) is 8.37. The van der Waals surface area contributed by atoms with E-state index in [9.17, 15) is 8.42 Å². The van der Waals surface area contributed by atoms with E-state index < -0.39 is 9.84 Å². The molecule has 4 rings (SSSR count). The van der Waals surface area contributed by atoms with E-state index in [1.807, 2.05) is 47.2 Å². The normalized spacial score (nSPS) is 11.9. The SMILES string of the molecule is CS(=O)(=O)c1nc(-c2ccsc2)c2c(N)n(-c3ccccc3)nc2n1. The second kappa shape index (κ2) is 5.64. The van der Waals surface area contributed by atoms with Crippen molar-refractivity contribution < 1.29 is 8.42 Å². The molecule has 0 aliphatic rings. The van der Waals surface area contributed by atoms with Crippen LogP contribution in [0.2, 0.25) is 0 Å². The van der Waals surface area contributed by atoms with Crippen LogP contribution in [0.3, 0.4) is 0 Å². The summed E-state index contributed by atoms with van der Waals surface area (Å²) < 4.78 is 25.5. The molecule has 0 atom stereocenters. The molecule has 0 amide bonds. The van der Waals surface area contributed by atoms with E-state index in [0.717, 1.165) is 17.5 Å². The van der Waals surface area contributed by atoms with E-state index in [1.165, 1.54) is 11.3 Å². The van der Waals surface area contributed by atoms with Gasteiger partial charge in [-0.05, 0) is 23.6 Å². The number of thiophene rings is 1. The van der Waals surface area contributed by atoms with Crippen molar-refractivity contribution in [3.05, 3.63) is 47.2 Å². The molecule has 0 aliphatic heterocycles. The minimum Gasteiger partial charge on any atom is -0.383 e. The minimum atomic E-state index is -3.58. The Labute approximate surface area is 147 Å². The van der Waals surface area contributed by atoms with Gasteiger partial charge in [-0.3, -0.25) is 0 Å². The number of aromatic nitrogens is 4. The van der Waals surface area contributed by atoms with Gasteiger partial charge >= 0.3 is 0 Å². The first-order valence-corrected chi connectivity index (χ1v) is 10.1. The van der Waals surface area contributed by atoms with Gasteiger partial charge in [-0.2, -0.15) is 16.3 Å². The number of hydrogen-bond acceptors (Lipinski definition) is 7. The van der Waals surface area contributed by atoms with E-state index in [2.05, 4.69) is 15.1 Å². The molecule has 0 fully saturated rings. The third kappa shape index (κ3) is 2.67. The Kier molecular flexibility index (Phi) is 3.55. The molecule has 0 spiro atoms. The maximum absolute atomic E-state index is 12.0. The summed E-state index contributed by atoms with van der Waals surface area (Å²) in [5.41, 5.74) is 8.56. The molecular formula is C16H13N5O2S2. The van der Waals surface area contributed by atoms with Crippen molar-refractivity contribution in [1.82, 2.24) is 19.7 Å². The fraction of sp³-hybridized carbons (Fsp3) is 0.0625. The second-order valence-electron chi connectivity index (χ2n) is 5.47. The summed E-state index contributed by atoms with van der Waals surface area (Å²) in [6.07, 6.45) is 1.07. The molecule has 126 valence electrons. The van der Waals surface area contributed by atoms with Crippen LogP contribution in [0.25, 0.3) is 28.0 Å². The molecular weight excluding hydrogens is 358 g/mol. The van der Waals surface area contributed by atoms with Crippen LogP contribution in [0.5, 0.6) is 0 Å². The first-order valence-electron chi connectivity index (χ1n) is 7.29. The smallest absolute Gasteiger partial charge is 0.249 e. The average molecular weight is 371 g/mol. The topological polar surface area (TPSA) is 104 Å². The number of benzene rings is 1. The highest BCUT2D eigenvalue weighted by molar-refractivity contribution is 7.90. The van der Waals surface area contributed by atoms with Gasteiger partial charge in [-0.25, -0.2) is 18.1 Å². The van der Waals surface area contributed by atoms with Crippen LogP contribution >= 0.6 is 11.3 Å². The number of sulfone groups is 1. The van der Waals surface area contributed by atoms with E-state index in [1.54, 1.807) is 4.68 Å². The minimum absolute atomic E-state index is 0.248. The number of nitrogens with zero attached hydrogens (tertiary/aromatic N) is 4. The summed E-state index contributed by atoms with van der Waals surface area (Å²) >= 11 is 1.49. The standard InChI is InChI=1S/C16H13N5O2S2/c1-25(22,23)16-18-13(10-7-8-24-9-10)12-14(17)21(20-15(12)19-16)11-5-3-2-4-6-11/h2-9H,17H2,1H3. The predicted octanol–water partition coefficient (Wildman–Crippen LogP) is 2.53. The molecule has 0 saturated heterocycles. The van der Waals surface area contributed by atoms with Gasteiger partial charge in [-0.15, -0.1) is 5.10 Å². The van der Waals surface area contributed by atoms with Crippen molar-refractivity contribution in [3.8, 4) is 16.9 Å². The molecule has 1 aromatic carbocycles. The van der Waals surface area contributed by atoms with Gasteiger partial charge < -0.3 is 5.73 Å². The van der Waals surface area contributed by atoms with Crippen molar-refractivity contribution >= 4 is 38.0 Å². The summed E-state index contributed by atoms with van der Waals surface area (Å²) in [7, 11) is -3.58. The maximum atomic E-state index is 12.0.